The van der Waals surface area contributed by atoms with Crippen molar-refractivity contribution >= 4 is 35.0 Å². The van der Waals surface area contributed by atoms with E-state index in [2.05, 4.69) is 15.6 Å². The summed E-state index contributed by atoms with van der Waals surface area (Å²) in [4.78, 5) is 3.29. The van der Waals surface area contributed by atoms with Crippen molar-refractivity contribution in [3.05, 3.63) is 23.0 Å². The smallest absolute Gasteiger partial charge is 0.178 e. The number of nitrogens with zero attached hydrogens (tertiary/aromatic N) is 1. The Labute approximate surface area is 116 Å². The van der Waals surface area contributed by atoms with E-state index in [-0.39, 0.29) is 0 Å². The summed E-state index contributed by atoms with van der Waals surface area (Å²) in [5.41, 5.74) is 2.26. The first-order chi connectivity index (χ1) is 8.79. The maximum atomic E-state index is 5.47. The molecule has 1 fully saturated rings. The van der Waals surface area contributed by atoms with Crippen molar-refractivity contribution in [1.29, 1.82) is 0 Å². The second kappa shape index (κ2) is 4.97. The maximum Gasteiger partial charge on any atom is 0.178 e. The van der Waals surface area contributed by atoms with E-state index < -0.39 is 0 Å². The summed E-state index contributed by atoms with van der Waals surface area (Å²) in [6.07, 6.45) is 2.41. The van der Waals surface area contributed by atoms with E-state index in [1.807, 2.05) is 23.9 Å². The third-order valence-corrected chi connectivity index (χ3v) is 4.83. The Balaban J connectivity index is 2.10. The van der Waals surface area contributed by atoms with Crippen LogP contribution in [0.4, 0.5) is 0 Å². The molecule has 1 aliphatic heterocycles. The largest absolute Gasteiger partial charge is 0.497 e. The van der Waals surface area contributed by atoms with Gasteiger partial charge in [-0.1, -0.05) is 0 Å². The van der Waals surface area contributed by atoms with E-state index in [4.69, 9.17) is 17.0 Å². The lowest BCUT2D eigenvalue weighted by Gasteiger charge is -2.23. The van der Waals surface area contributed by atoms with E-state index in [0.29, 0.717) is 6.04 Å². The first-order valence-electron chi connectivity index (χ1n) is 6.15. The van der Waals surface area contributed by atoms with Gasteiger partial charge in [0.2, 0.25) is 0 Å². The number of ether oxygens (including phenoxy) is 1. The second-order valence-electron chi connectivity index (χ2n) is 4.53. The fourth-order valence-electron chi connectivity index (χ4n) is 2.54. The number of hydrogen-bond acceptors (Lipinski definition) is 3. The summed E-state index contributed by atoms with van der Waals surface area (Å²) in [6, 6.07) is 6.65. The average Bonchev–Trinajstić information content (AvgIpc) is 2.74. The molecular formula is C13H16N2OS2. The number of benzene rings is 1. The predicted molar refractivity (Wildman–Crippen MR) is 79.3 cm³/mol. The van der Waals surface area contributed by atoms with E-state index >= 15 is 0 Å². The zero-order valence-electron chi connectivity index (χ0n) is 10.3. The molecule has 0 amide bonds. The third-order valence-electron chi connectivity index (χ3n) is 3.48. The van der Waals surface area contributed by atoms with E-state index in [0.717, 1.165) is 16.0 Å². The van der Waals surface area contributed by atoms with E-state index in [9.17, 15) is 0 Å². The second-order valence-corrected chi connectivity index (χ2v) is 6.14. The van der Waals surface area contributed by atoms with Crippen molar-refractivity contribution in [3.63, 3.8) is 0 Å². The first kappa shape index (κ1) is 12.1. The van der Waals surface area contributed by atoms with Crippen molar-refractivity contribution < 1.29 is 4.74 Å². The van der Waals surface area contributed by atoms with Crippen molar-refractivity contribution in [1.82, 2.24) is 9.55 Å². The molecule has 0 bridgehead atoms. The predicted octanol–water partition coefficient (Wildman–Crippen LogP) is 3.78. The number of thioether (sulfide) groups is 1. The number of rotatable bonds is 2. The maximum absolute atomic E-state index is 5.47. The van der Waals surface area contributed by atoms with Crippen LogP contribution in [-0.2, 0) is 0 Å². The van der Waals surface area contributed by atoms with Gasteiger partial charge in [-0.15, -0.1) is 0 Å². The first-order valence-corrected chi connectivity index (χ1v) is 7.72. The molecule has 0 radical (unpaired) electrons. The van der Waals surface area contributed by atoms with Crippen LogP contribution in [0.2, 0.25) is 0 Å². The summed E-state index contributed by atoms with van der Waals surface area (Å²) in [6.45, 7) is 0. The minimum atomic E-state index is 0.542. The molecule has 96 valence electrons. The molecule has 1 aromatic carbocycles. The van der Waals surface area contributed by atoms with Gasteiger partial charge in [-0.25, -0.2) is 0 Å². The molecule has 0 unspecified atom stereocenters. The molecule has 1 aromatic heterocycles. The Morgan fingerprint density at radius 3 is 2.89 bits per heavy atom. The average molecular weight is 280 g/mol. The monoisotopic (exact) mass is 280 g/mol. The highest BCUT2D eigenvalue weighted by Crippen LogP contribution is 2.31. The van der Waals surface area contributed by atoms with Crippen LogP contribution in [-0.4, -0.2) is 28.2 Å². The van der Waals surface area contributed by atoms with Crippen molar-refractivity contribution in [2.75, 3.05) is 18.6 Å². The van der Waals surface area contributed by atoms with E-state index in [1.165, 1.54) is 29.9 Å². The molecule has 1 aliphatic rings. The number of methoxy groups -OCH3 is 1. The van der Waals surface area contributed by atoms with Crippen LogP contribution in [0.5, 0.6) is 5.75 Å². The van der Waals surface area contributed by atoms with Gasteiger partial charge in [0, 0.05) is 12.1 Å². The molecule has 3 nitrogen and oxygen atoms in total. The number of H-pyrrole nitrogens is 1. The van der Waals surface area contributed by atoms with E-state index in [1.54, 1.807) is 7.11 Å². The van der Waals surface area contributed by atoms with Crippen LogP contribution < -0.4 is 4.74 Å². The van der Waals surface area contributed by atoms with Crippen LogP contribution in [0, 0.1) is 4.77 Å². The molecule has 5 heteroatoms. The Bertz CT molecular complexity index is 611. The number of aromatic nitrogens is 2. The van der Waals surface area contributed by atoms with Gasteiger partial charge < -0.3 is 14.3 Å². The summed E-state index contributed by atoms with van der Waals surface area (Å²) >= 11 is 7.51. The minimum absolute atomic E-state index is 0.542. The molecular weight excluding hydrogens is 264 g/mol. The lowest BCUT2D eigenvalue weighted by Crippen LogP contribution is -2.15. The molecule has 0 saturated carbocycles. The SMILES string of the molecule is COc1ccc2c(c1)[nH]c(=S)n2C1CCSCC1. The lowest BCUT2D eigenvalue weighted by atomic mass is 10.1. The van der Waals surface area contributed by atoms with Crippen molar-refractivity contribution in [2.24, 2.45) is 0 Å². The van der Waals surface area contributed by atoms with Gasteiger partial charge in [0.1, 0.15) is 5.75 Å². The van der Waals surface area contributed by atoms with Crippen LogP contribution in [0.15, 0.2) is 18.2 Å². The Hall–Kier alpha value is -0.940. The van der Waals surface area contributed by atoms with Gasteiger partial charge in [0.15, 0.2) is 4.77 Å². The van der Waals surface area contributed by atoms with Gasteiger partial charge in [-0.05, 0) is 48.7 Å². The number of fused-ring (bicyclic) bond motifs is 1. The van der Waals surface area contributed by atoms with Gasteiger partial charge in [0.05, 0.1) is 18.1 Å². The van der Waals surface area contributed by atoms with Crippen molar-refractivity contribution in [3.8, 4) is 5.75 Å². The molecule has 0 aliphatic carbocycles. The molecule has 18 heavy (non-hydrogen) atoms. The number of hydrogen-bond donors (Lipinski definition) is 1. The standard InChI is InChI=1S/C13H16N2OS2/c1-16-10-2-3-12-11(8-10)14-13(17)15(12)9-4-6-18-7-5-9/h2-3,8-9H,4-7H2,1H3,(H,14,17). The Kier molecular flexibility index (Phi) is 3.35. The topological polar surface area (TPSA) is 29.9 Å². The van der Waals surface area contributed by atoms with Crippen LogP contribution in [0.25, 0.3) is 11.0 Å². The Morgan fingerprint density at radius 1 is 1.39 bits per heavy atom. The summed E-state index contributed by atoms with van der Waals surface area (Å²) in [5.74, 6) is 3.33. The number of nitrogens with one attached hydrogen (secondary N) is 1. The summed E-state index contributed by atoms with van der Waals surface area (Å²) in [5, 5.41) is 0. The molecule has 1 saturated heterocycles. The third kappa shape index (κ3) is 2.06. The van der Waals surface area contributed by atoms with Gasteiger partial charge in [-0.3, -0.25) is 0 Å². The minimum Gasteiger partial charge on any atom is -0.497 e. The van der Waals surface area contributed by atoms with Gasteiger partial charge in [0.25, 0.3) is 0 Å². The lowest BCUT2D eigenvalue weighted by molar-refractivity contribution is 0.415. The quantitative estimate of drug-likeness (QED) is 0.849. The van der Waals surface area contributed by atoms with Crippen LogP contribution in [0.1, 0.15) is 18.9 Å². The number of imidazole rings is 1. The highest BCUT2D eigenvalue weighted by Gasteiger charge is 2.18. The molecule has 0 spiro atoms. The fraction of sp³-hybridized carbons (Fsp3) is 0.462. The molecule has 2 heterocycles. The molecule has 3 rings (SSSR count). The Morgan fingerprint density at radius 2 is 2.17 bits per heavy atom. The fourth-order valence-corrected chi connectivity index (χ4v) is 3.98. The zero-order valence-corrected chi connectivity index (χ0v) is 11.9. The van der Waals surface area contributed by atoms with Crippen LogP contribution >= 0.6 is 24.0 Å². The summed E-state index contributed by atoms with van der Waals surface area (Å²) < 4.78 is 8.36. The highest BCUT2D eigenvalue weighted by atomic mass is 32.2. The number of aromatic amines is 1. The molecule has 2 aromatic rings. The van der Waals surface area contributed by atoms with Crippen molar-refractivity contribution in [2.45, 2.75) is 18.9 Å². The molecule has 0 atom stereocenters. The van der Waals surface area contributed by atoms with Crippen LogP contribution in [0.3, 0.4) is 0 Å². The normalized spacial score (nSPS) is 17.2. The van der Waals surface area contributed by atoms with Gasteiger partial charge >= 0.3 is 0 Å². The van der Waals surface area contributed by atoms with Gasteiger partial charge in [-0.2, -0.15) is 11.8 Å². The summed E-state index contributed by atoms with van der Waals surface area (Å²) in [7, 11) is 1.69. The highest BCUT2D eigenvalue weighted by molar-refractivity contribution is 7.99. The zero-order chi connectivity index (χ0) is 12.5. The molecule has 1 N–H and O–H groups in total.